The molecule has 0 fully saturated rings. The molecule has 0 saturated heterocycles. The fraction of sp³-hybridized carbons (Fsp3) is 0.357. The number of likely N-dealkylation sites (N-methyl/N-ethyl adjacent to an activating group) is 1. The Labute approximate surface area is 125 Å². The number of hydrogen-bond acceptors (Lipinski definition) is 5. The minimum Gasteiger partial charge on any atom is -0.373 e. The molecule has 0 atom stereocenters. The molecular formula is C14H20N4O2S. The van der Waals surface area contributed by atoms with Crippen LogP contribution in [-0.4, -0.2) is 52.5 Å². The Hall–Kier alpha value is -1.70. The Balaban J connectivity index is 2.25. The number of fused-ring (bicyclic) bond motifs is 1. The van der Waals surface area contributed by atoms with E-state index in [1.807, 2.05) is 31.1 Å². The van der Waals surface area contributed by atoms with Crippen LogP contribution in [0.5, 0.6) is 0 Å². The van der Waals surface area contributed by atoms with Crippen molar-refractivity contribution in [3.63, 3.8) is 0 Å². The van der Waals surface area contributed by atoms with E-state index in [4.69, 9.17) is 0 Å². The van der Waals surface area contributed by atoms with Gasteiger partial charge in [-0.3, -0.25) is 0 Å². The smallest absolute Gasteiger partial charge is 0.240 e. The van der Waals surface area contributed by atoms with Crippen molar-refractivity contribution in [3.8, 4) is 0 Å². The maximum atomic E-state index is 12.2. The van der Waals surface area contributed by atoms with E-state index in [0.717, 1.165) is 16.7 Å². The lowest BCUT2D eigenvalue weighted by Crippen LogP contribution is -2.31. The average molecular weight is 308 g/mol. The van der Waals surface area contributed by atoms with Crippen LogP contribution >= 0.6 is 0 Å². The third-order valence-electron chi connectivity index (χ3n) is 3.08. The number of hydrogen-bond donors (Lipinski definition) is 2. The van der Waals surface area contributed by atoms with E-state index in [2.05, 4.69) is 15.0 Å². The summed E-state index contributed by atoms with van der Waals surface area (Å²) in [5.41, 5.74) is 0.758. The summed E-state index contributed by atoms with van der Waals surface area (Å²) >= 11 is 0. The maximum absolute atomic E-state index is 12.2. The molecular weight excluding hydrogens is 288 g/mol. The predicted octanol–water partition coefficient (Wildman–Crippen LogP) is 1.12. The van der Waals surface area contributed by atoms with Crippen LogP contribution in [0.2, 0.25) is 0 Å². The van der Waals surface area contributed by atoms with Gasteiger partial charge in [0.2, 0.25) is 10.0 Å². The second-order valence-electron chi connectivity index (χ2n) is 5.00. The highest BCUT2D eigenvalue weighted by atomic mass is 32.2. The Morgan fingerprint density at radius 3 is 2.62 bits per heavy atom. The molecule has 0 bridgehead atoms. The molecule has 0 unspecified atom stereocenters. The number of aromatic nitrogens is 1. The van der Waals surface area contributed by atoms with Gasteiger partial charge < -0.3 is 10.2 Å². The Kier molecular flexibility index (Phi) is 4.76. The molecule has 1 heterocycles. The van der Waals surface area contributed by atoms with E-state index < -0.39 is 10.0 Å². The van der Waals surface area contributed by atoms with E-state index in [0.29, 0.717) is 13.1 Å². The minimum absolute atomic E-state index is 0.257. The SMILES string of the molecule is CNc1ccc2cc(S(=O)(=O)NCCN(C)C)ccc2n1. The van der Waals surface area contributed by atoms with Gasteiger partial charge in [-0.2, -0.15) is 0 Å². The number of rotatable bonds is 6. The first-order valence-electron chi connectivity index (χ1n) is 6.65. The quantitative estimate of drug-likeness (QED) is 0.836. The molecule has 2 rings (SSSR count). The molecule has 0 saturated carbocycles. The summed E-state index contributed by atoms with van der Waals surface area (Å²) in [6.07, 6.45) is 0. The molecule has 0 radical (unpaired) electrons. The molecule has 21 heavy (non-hydrogen) atoms. The van der Waals surface area contributed by atoms with Crippen molar-refractivity contribution in [3.05, 3.63) is 30.3 Å². The Morgan fingerprint density at radius 1 is 1.19 bits per heavy atom. The van der Waals surface area contributed by atoms with Crippen LogP contribution in [0.25, 0.3) is 10.9 Å². The summed E-state index contributed by atoms with van der Waals surface area (Å²) in [5, 5.41) is 3.75. The average Bonchev–Trinajstić information content (AvgIpc) is 2.45. The number of nitrogens with one attached hydrogen (secondary N) is 2. The summed E-state index contributed by atoms with van der Waals surface area (Å²) in [5.74, 6) is 0.752. The number of pyridine rings is 1. The molecule has 0 aliphatic rings. The van der Waals surface area contributed by atoms with Crippen molar-refractivity contribution in [1.29, 1.82) is 0 Å². The van der Waals surface area contributed by atoms with Crippen LogP contribution in [-0.2, 0) is 10.0 Å². The van der Waals surface area contributed by atoms with Gasteiger partial charge in [0.05, 0.1) is 10.4 Å². The molecule has 2 aromatic rings. The lowest BCUT2D eigenvalue weighted by Gasteiger charge is -2.11. The third kappa shape index (κ3) is 3.90. The standard InChI is InChI=1S/C14H20N4O2S/c1-15-14-7-4-11-10-12(5-6-13(11)17-14)21(19,20)16-8-9-18(2)3/h4-7,10,16H,8-9H2,1-3H3,(H,15,17). The molecule has 1 aromatic heterocycles. The van der Waals surface area contributed by atoms with E-state index in [9.17, 15) is 8.42 Å². The van der Waals surface area contributed by atoms with Crippen LogP contribution in [0.3, 0.4) is 0 Å². The zero-order valence-electron chi connectivity index (χ0n) is 12.4. The molecule has 6 nitrogen and oxygen atoms in total. The molecule has 1 aromatic carbocycles. The van der Waals surface area contributed by atoms with Gasteiger partial charge in [0.1, 0.15) is 5.82 Å². The van der Waals surface area contributed by atoms with Crippen LogP contribution in [0.1, 0.15) is 0 Å². The van der Waals surface area contributed by atoms with Crippen LogP contribution in [0.4, 0.5) is 5.82 Å². The second kappa shape index (κ2) is 6.38. The van der Waals surface area contributed by atoms with Gasteiger partial charge >= 0.3 is 0 Å². The third-order valence-corrected chi connectivity index (χ3v) is 4.54. The number of benzene rings is 1. The van der Waals surface area contributed by atoms with Crippen LogP contribution < -0.4 is 10.0 Å². The second-order valence-corrected chi connectivity index (χ2v) is 6.77. The van der Waals surface area contributed by atoms with Gasteiger partial charge in [0, 0.05) is 25.5 Å². The first kappa shape index (κ1) is 15.7. The topological polar surface area (TPSA) is 74.3 Å². The number of anilines is 1. The highest BCUT2D eigenvalue weighted by molar-refractivity contribution is 7.89. The van der Waals surface area contributed by atoms with Crippen molar-refractivity contribution in [1.82, 2.24) is 14.6 Å². The van der Waals surface area contributed by atoms with Crippen molar-refractivity contribution < 1.29 is 8.42 Å². The Bertz CT molecular complexity index is 729. The first-order valence-corrected chi connectivity index (χ1v) is 8.13. The predicted molar refractivity (Wildman–Crippen MR) is 85.0 cm³/mol. The normalized spacial score (nSPS) is 12.0. The van der Waals surface area contributed by atoms with Crippen LogP contribution in [0, 0.1) is 0 Å². The highest BCUT2D eigenvalue weighted by Gasteiger charge is 2.14. The van der Waals surface area contributed by atoms with E-state index in [-0.39, 0.29) is 4.90 Å². The van der Waals surface area contributed by atoms with Gasteiger partial charge in [0.25, 0.3) is 0 Å². The van der Waals surface area contributed by atoms with Gasteiger partial charge in [-0.15, -0.1) is 0 Å². The zero-order chi connectivity index (χ0) is 15.5. The summed E-state index contributed by atoms with van der Waals surface area (Å²) in [6.45, 7) is 1.03. The molecule has 2 N–H and O–H groups in total. The summed E-state index contributed by atoms with van der Waals surface area (Å²) in [6, 6.07) is 8.61. The molecule has 0 aliphatic heterocycles. The maximum Gasteiger partial charge on any atom is 0.240 e. The van der Waals surface area contributed by atoms with E-state index in [1.165, 1.54) is 0 Å². The minimum atomic E-state index is -3.48. The van der Waals surface area contributed by atoms with Gasteiger partial charge in [-0.25, -0.2) is 18.1 Å². The molecule has 0 aliphatic carbocycles. The molecule has 0 spiro atoms. The molecule has 0 amide bonds. The largest absolute Gasteiger partial charge is 0.373 e. The lowest BCUT2D eigenvalue weighted by molar-refractivity contribution is 0.412. The fourth-order valence-corrected chi connectivity index (χ4v) is 2.95. The Morgan fingerprint density at radius 2 is 1.95 bits per heavy atom. The van der Waals surface area contributed by atoms with Crippen molar-refractivity contribution in [2.45, 2.75) is 4.90 Å². The number of sulfonamides is 1. The zero-order valence-corrected chi connectivity index (χ0v) is 13.2. The van der Waals surface area contributed by atoms with Crippen LogP contribution in [0.15, 0.2) is 35.2 Å². The van der Waals surface area contributed by atoms with Gasteiger partial charge in [-0.05, 0) is 44.4 Å². The van der Waals surface area contributed by atoms with Crippen molar-refractivity contribution in [2.75, 3.05) is 39.5 Å². The fourth-order valence-electron chi connectivity index (χ4n) is 1.90. The first-order chi connectivity index (χ1) is 9.92. The molecule has 7 heteroatoms. The van der Waals surface area contributed by atoms with Gasteiger partial charge in [0.15, 0.2) is 0 Å². The number of nitrogens with zero attached hydrogens (tertiary/aromatic N) is 2. The summed E-state index contributed by atoms with van der Waals surface area (Å²) in [7, 11) is 2.11. The van der Waals surface area contributed by atoms with Crippen molar-refractivity contribution >= 4 is 26.7 Å². The van der Waals surface area contributed by atoms with E-state index in [1.54, 1.807) is 25.2 Å². The highest BCUT2D eigenvalue weighted by Crippen LogP contribution is 2.19. The summed E-state index contributed by atoms with van der Waals surface area (Å²) < 4.78 is 27.0. The van der Waals surface area contributed by atoms with Gasteiger partial charge in [-0.1, -0.05) is 0 Å². The van der Waals surface area contributed by atoms with E-state index >= 15 is 0 Å². The lowest BCUT2D eigenvalue weighted by atomic mass is 10.2. The monoisotopic (exact) mass is 308 g/mol. The van der Waals surface area contributed by atoms with Crippen molar-refractivity contribution in [2.24, 2.45) is 0 Å². The molecule has 114 valence electrons. The summed E-state index contributed by atoms with van der Waals surface area (Å²) in [4.78, 5) is 6.55.